The van der Waals surface area contributed by atoms with E-state index in [0.29, 0.717) is 12.3 Å². The summed E-state index contributed by atoms with van der Waals surface area (Å²) in [5.74, 6) is 0.950. The predicted molar refractivity (Wildman–Crippen MR) is 71.8 cm³/mol. The van der Waals surface area contributed by atoms with Crippen LogP contribution in [0.2, 0.25) is 0 Å². The lowest BCUT2D eigenvalue weighted by atomic mass is 9.72. The van der Waals surface area contributed by atoms with E-state index in [2.05, 4.69) is 6.92 Å². The zero-order chi connectivity index (χ0) is 13.2. The van der Waals surface area contributed by atoms with E-state index in [1.54, 1.807) is 12.1 Å². The molecule has 0 aliphatic heterocycles. The number of hydrogen-bond acceptors (Lipinski definition) is 1. The SMILES string of the molecule is CC1CCC(C(C)(O)Cc2ccc(F)cc2)CC1. The molecule has 2 heteroatoms. The van der Waals surface area contributed by atoms with Crippen LogP contribution in [0.3, 0.4) is 0 Å². The smallest absolute Gasteiger partial charge is 0.123 e. The molecule has 1 nitrogen and oxygen atoms in total. The Labute approximate surface area is 109 Å². The lowest BCUT2D eigenvalue weighted by Gasteiger charge is -2.37. The Morgan fingerprint density at radius 1 is 1.17 bits per heavy atom. The first-order chi connectivity index (χ1) is 8.47. The number of rotatable bonds is 3. The van der Waals surface area contributed by atoms with Crippen LogP contribution in [0, 0.1) is 17.7 Å². The summed E-state index contributed by atoms with van der Waals surface area (Å²) in [7, 11) is 0. The van der Waals surface area contributed by atoms with Crippen molar-refractivity contribution in [1.29, 1.82) is 0 Å². The van der Waals surface area contributed by atoms with Crippen LogP contribution in [-0.4, -0.2) is 10.7 Å². The van der Waals surface area contributed by atoms with E-state index in [1.165, 1.54) is 25.0 Å². The molecule has 0 spiro atoms. The van der Waals surface area contributed by atoms with Crippen molar-refractivity contribution in [2.24, 2.45) is 11.8 Å². The highest BCUT2D eigenvalue weighted by Gasteiger charge is 2.34. The van der Waals surface area contributed by atoms with E-state index in [0.717, 1.165) is 24.3 Å². The molecule has 1 aliphatic carbocycles. The van der Waals surface area contributed by atoms with Gasteiger partial charge in [-0.3, -0.25) is 0 Å². The number of benzene rings is 1. The summed E-state index contributed by atoms with van der Waals surface area (Å²) in [5.41, 5.74) is 0.345. The van der Waals surface area contributed by atoms with Crippen LogP contribution in [0.25, 0.3) is 0 Å². The molecule has 1 N–H and O–H groups in total. The van der Waals surface area contributed by atoms with Gasteiger partial charge in [-0.15, -0.1) is 0 Å². The summed E-state index contributed by atoms with van der Waals surface area (Å²) in [6.07, 6.45) is 5.26. The average molecular weight is 250 g/mol. The van der Waals surface area contributed by atoms with Gasteiger partial charge in [0.1, 0.15) is 5.82 Å². The molecule has 1 unspecified atom stereocenters. The van der Waals surface area contributed by atoms with Crippen molar-refractivity contribution in [1.82, 2.24) is 0 Å². The van der Waals surface area contributed by atoms with Gasteiger partial charge in [0.2, 0.25) is 0 Å². The Morgan fingerprint density at radius 3 is 2.28 bits per heavy atom. The Bertz CT molecular complexity index is 375. The molecular formula is C16H23FO. The fourth-order valence-electron chi connectivity index (χ4n) is 3.04. The zero-order valence-corrected chi connectivity index (χ0v) is 11.3. The molecular weight excluding hydrogens is 227 g/mol. The van der Waals surface area contributed by atoms with Gasteiger partial charge in [-0.2, -0.15) is 0 Å². The molecule has 1 aromatic carbocycles. The third-order valence-electron chi connectivity index (χ3n) is 4.37. The van der Waals surface area contributed by atoms with E-state index in [4.69, 9.17) is 0 Å². The van der Waals surface area contributed by atoms with E-state index in [9.17, 15) is 9.50 Å². The summed E-state index contributed by atoms with van der Waals surface area (Å²) in [4.78, 5) is 0. The van der Waals surface area contributed by atoms with Gasteiger partial charge >= 0.3 is 0 Å². The molecule has 0 amide bonds. The van der Waals surface area contributed by atoms with Crippen molar-refractivity contribution in [3.8, 4) is 0 Å². The molecule has 1 saturated carbocycles. The second-order valence-corrected chi connectivity index (χ2v) is 6.12. The van der Waals surface area contributed by atoms with Gasteiger partial charge in [-0.05, 0) is 49.3 Å². The maximum atomic E-state index is 12.9. The molecule has 0 radical (unpaired) electrons. The van der Waals surface area contributed by atoms with Gasteiger partial charge in [-0.25, -0.2) is 4.39 Å². The van der Waals surface area contributed by atoms with E-state index in [-0.39, 0.29) is 5.82 Å². The van der Waals surface area contributed by atoms with Crippen molar-refractivity contribution in [3.05, 3.63) is 35.6 Å². The maximum Gasteiger partial charge on any atom is 0.123 e. The first-order valence-electron chi connectivity index (χ1n) is 6.94. The van der Waals surface area contributed by atoms with Crippen LogP contribution >= 0.6 is 0 Å². The van der Waals surface area contributed by atoms with Crippen molar-refractivity contribution in [3.63, 3.8) is 0 Å². The molecule has 100 valence electrons. The molecule has 2 rings (SSSR count). The standard InChI is InChI=1S/C16H23FO/c1-12-3-7-14(8-4-12)16(2,18)11-13-5-9-15(17)10-6-13/h5-6,9-10,12,14,18H,3-4,7-8,11H2,1-2H3. The molecule has 1 aliphatic rings. The largest absolute Gasteiger partial charge is 0.390 e. The first kappa shape index (κ1) is 13.5. The predicted octanol–water partition coefficient (Wildman–Crippen LogP) is 3.95. The quantitative estimate of drug-likeness (QED) is 0.861. The molecule has 18 heavy (non-hydrogen) atoms. The highest BCUT2D eigenvalue weighted by Crippen LogP contribution is 2.36. The van der Waals surface area contributed by atoms with Crippen LogP contribution in [0.4, 0.5) is 4.39 Å². The second-order valence-electron chi connectivity index (χ2n) is 6.12. The van der Waals surface area contributed by atoms with E-state index < -0.39 is 5.60 Å². The van der Waals surface area contributed by atoms with Gasteiger partial charge in [0.05, 0.1) is 5.60 Å². The van der Waals surface area contributed by atoms with Gasteiger partial charge < -0.3 is 5.11 Å². The Hall–Kier alpha value is -0.890. The molecule has 1 aromatic rings. The Morgan fingerprint density at radius 2 is 1.72 bits per heavy atom. The summed E-state index contributed by atoms with van der Waals surface area (Å²) in [6.45, 7) is 4.21. The number of halogens is 1. The van der Waals surface area contributed by atoms with Gasteiger partial charge in [-0.1, -0.05) is 31.9 Å². The van der Waals surface area contributed by atoms with Crippen molar-refractivity contribution < 1.29 is 9.50 Å². The Balaban J connectivity index is 2.00. The fourth-order valence-corrected chi connectivity index (χ4v) is 3.04. The van der Waals surface area contributed by atoms with Crippen LogP contribution < -0.4 is 0 Å². The molecule has 1 atom stereocenters. The van der Waals surface area contributed by atoms with Crippen molar-refractivity contribution >= 4 is 0 Å². The minimum atomic E-state index is -0.669. The lowest BCUT2D eigenvalue weighted by molar-refractivity contribution is -0.0208. The van der Waals surface area contributed by atoms with Crippen LogP contribution in [0.15, 0.2) is 24.3 Å². The molecule has 0 saturated heterocycles. The maximum absolute atomic E-state index is 12.9. The van der Waals surface area contributed by atoms with Crippen molar-refractivity contribution in [2.75, 3.05) is 0 Å². The van der Waals surface area contributed by atoms with Gasteiger partial charge in [0, 0.05) is 6.42 Å². The molecule has 0 heterocycles. The summed E-state index contributed by atoms with van der Waals surface area (Å²) < 4.78 is 12.9. The van der Waals surface area contributed by atoms with Gasteiger partial charge in [0.25, 0.3) is 0 Å². The monoisotopic (exact) mass is 250 g/mol. The lowest BCUT2D eigenvalue weighted by Crippen LogP contribution is -2.38. The average Bonchev–Trinajstić information content (AvgIpc) is 2.32. The first-order valence-corrected chi connectivity index (χ1v) is 6.94. The third kappa shape index (κ3) is 3.32. The number of hydrogen-bond donors (Lipinski definition) is 1. The fraction of sp³-hybridized carbons (Fsp3) is 0.625. The Kier molecular flexibility index (Phi) is 4.06. The van der Waals surface area contributed by atoms with Crippen LogP contribution in [0.5, 0.6) is 0 Å². The number of aliphatic hydroxyl groups is 1. The van der Waals surface area contributed by atoms with Gasteiger partial charge in [0.15, 0.2) is 0 Å². The van der Waals surface area contributed by atoms with Crippen LogP contribution in [-0.2, 0) is 6.42 Å². The normalized spacial score (nSPS) is 27.8. The topological polar surface area (TPSA) is 20.2 Å². The third-order valence-corrected chi connectivity index (χ3v) is 4.37. The highest BCUT2D eigenvalue weighted by molar-refractivity contribution is 5.18. The van der Waals surface area contributed by atoms with E-state index in [1.807, 2.05) is 6.92 Å². The summed E-state index contributed by atoms with van der Waals surface area (Å²) in [5, 5.41) is 10.7. The minimum absolute atomic E-state index is 0.218. The molecule has 0 bridgehead atoms. The minimum Gasteiger partial charge on any atom is -0.390 e. The summed E-state index contributed by atoms with van der Waals surface area (Å²) >= 11 is 0. The zero-order valence-electron chi connectivity index (χ0n) is 11.3. The molecule has 1 fully saturated rings. The van der Waals surface area contributed by atoms with Crippen LogP contribution in [0.1, 0.15) is 45.1 Å². The highest BCUT2D eigenvalue weighted by atomic mass is 19.1. The summed E-state index contributed by atoms with van der Waals surface area (Å²) in [6, 6.07) is 6.48. The van der Waals surface area contributed by atoms with E-state index >= 15 is 0 Å². The molecule has 0 aromatic heterocycles. The second kappa shape index (κ2) is 5.40. The van der Waals surface area contributed by atoms with Crippen molar-refractivity contribution in [2.45, 2.75) is 51.6 Å².